The molecule has 0 bridgehead atoms. The number of hydrogen-bond acceptors (Lipinski definition) is 1. The van der Waals surface area contributed by atoms with Crippen LogP contribution in [0.4, 0.5) is 5.69 Å². The van der Waals surface area contributed by atoms with E-state index in [4.69, 9.17) is 4.74 Å². The summed E-state index contributed by atoms with van der Waals surface area (Å²) in [5.41, 5.74) is 4.29. The summed E-state index contributed by atoms with van der Waals surface area (Å²) in [5.74, 6) is 0.980. The number of rotatable bonds is 3. The van der Waals surface area contributed by atoms with Gasteiger partial charge in [-0.3, -0.25) is 0 Å². The van der Waals surface area contributed by atoms with Crippen LogP contribution in [0.15, 0.2) is 12.1 Å². The number of benzene rings is 1. The van der Waals surface area contributed by atoms with Crippen molar-refractivity contribution < 1.29 is 9.31 Å². The molecule has 0 N–H and O–H groups in total. The molecule has 0 radical (unpaired) electrons. The molecule has 98 valence electrons. The topological polar surface area (TPSA) is 12.2 Å². The standard InChI is InChI=1S/C15H21INO/c1-6-9-17-10(2)15(3,4)13-11(17)7-8-12(18-5)14(13)16/h7-8H,6,9H2,1-5H3/q+1. The van der Waals surface area contributed by atoms with Crippen LogP contribution >= 0.6 is 22.6 Å². The summed E-state index contributed by atoms with van der Waals surface area (Å²) in [4.78, 5) is 0. The first-order chi connectivity index (χ1) is 8.45. The lowest BCUT2D eigenvalue weighted by atomic mass is 9.82. The predicted molar refractivity (Wildman–Crippen MR) is 84.5 cm³/mol. The molecule has 1 aromatic rings. The largest absolute Gasteiger partial charge is 0.496 e. The van der Waals surface area contributed by atoms with Gasteiger partial charge in [0.05, 0.1) is 21.7 Å². The van der Waals surface area contributed by atoms with E-state index in [1.54, 1.807) is 7.11 Å². The van der Waals surface area contributed by atoms with Crippen LogP contribution in [0.3, 0.4) is 0 Å². The number of halogens is 1. The van der Waals surface area contributed by atoms with Gasteiger partial charge in [-0.2, -0.15) is 4.58 Å². The van der Waals surface area contributed by atoms with E-state index in [0.717, 1.165) is 18.7 Å². The monoisotopic (exact) mass is 358 g/mol. The lowest BCUT2D eigenvalue weighted by Gasteiger charge is -2.17. The zero-order valence-electron chi connectivity index (χ0n) is 11.8. The van der Waals surface area contributed by atoms with Gasteiger partial charge in [-0.1, -0.05) is 6.92 Å². The van der Waals surface area contributed by atoms with Crippen molar-refractivity contribution in [3.05, 3.63) is 21.3 Å². The molecule has 1 heterocycles. The van der Waals surface area contributed by atoms with Gasteiger partial charge in [-0.15, -0.1) is 0 Å². The molecule has 2 nitrogen and oxygen atoms in total. The SMILES string of the molecule is CCC[N+]1=C(C)C(C)(C)c2c1ccc(OC)c2I. The Morgan fingerprint density at radius 2 is 2.00 bits per heavy atom. The van der Waals surface area contributed by atoms with Gasteiger partial charge in [0.25, 0.3) is 0 Å². The highest BCUT2D eigenvalue weighted by atomic mass is 127. The van der Waals surface area contributed by atoms with E-state index in [2.05, 4.69) is 67.0 Å². The first-order valence-electron chi connectivity index (χ1n) is 6.43. The summed E-state index contributed by atoms with van der Waals surface area (Å²) in [5, 5.41) is 0. The maximum Gasteiger partial charge on any atom is 0.210 e. The van der Waals surface area contributed by atoms with E-state index in [9.17, 15) is 0 Å². The molecular formula is C15H21INO+. The molecule has 0 atom stereocenters. The highest BCUT2D eigenvalue weighted by molar-refractivity contribution is 14.1. The van der Waals surface area contributed by atoms with E-state index in [1.807, 2.05) is 0 Å². The highest BCUT2D eigenvalue weighted by Crippen LogP contribution is 2.45. The number of fused-ring (bicyclic) bond motifs is 1. The van der Waals surface area contributed by atoms with E-state index in [1.165, 1.54) is 20.5 Å². The molecule has 0 unspecified atom stereocenters. The number of ether oxygens (including phenoxy) is 1. The van der Waals surface area contributed by atoms with Gasteiger partial charge >= 0.3 is 0 Å². The van der Waals surface area contributed by atoms with Crippen LogP contribution < -0.4 is 4.74 Å². The highest BCUT2D eigenvalue weighted by Gasteiger charge is 2.44. The van der Waals surface area contributed by atoms with E-state index in [0.29, 0.717) is 0 Å². The minimum absolute atomic E-state index is 0.0928. The molecular weight excluding hydrogens is 337 g/mol. The summed E-state index contributed by atoms with van der Waals surface area (Å²) in [6, 6.07) is 4.28. The lowest BCUT2D eigenvalue weighted by molar-refractivity contribution is -0.439. The van der Waals surface area contributed by atoms with Crippen molar-refractivity contribution in [2.45, 2.75) is 39.5 Å². The molecule has 1 aliphatic heterocycles. The Hall–Kier alpha value is -0.580. The summed E-state index contributed by atoms with van der Waals surface area (Å²) >= 11 is 2.42. The second-order valence-corrected chi connectivity index (χ2v) is 6.42. The van der Waals surface area contributed by atoms with Crippen molar-refractivity contribution >= 4 is 34.0 Å². The zero-order chi connectivity index (χ0) is 13.5. The zero-order valence-corrected chi connectivity index (χ0v) is 14.0. The van der Waals surface area contributed by atoms with Crippen LogP contribution in [0, 0.1) is 3.57 Å². The molecule has 0 amide bonds. The Balaban J connectivity index is 2.68. The third-order valence-corrected chi connectivity index (χ3v) is 5.05. The van der Waals surface area contributed by atoms with Crippen LogP contribution in [0.2, 0.25) is 0 Å². The Morgan fingerprint density at radius 1 is 1.33 bits per heavy atom. The summed E-state index contributed by atoms with van der Waals surface area (Å²) in [7, 11) is 1.74. The van der Waals surface area contributed by atoms with Crippen molar-refractivity contribution in [1.29, 1.82) is 0 Å². The molecule has 1 aromatic carbocycles. The van der Waals surface area contributed by atoms with Gasteiger partial charge in [0, 0.05) is 19.4 Å². The minimum Gasteiger partial charge on any atom is -0.496 e. The number of nitrogens with zero attached hydrogens (tertiary/aromatic N) is 1. The van der Waals surface area contributed by atoms with Crippen molar-refractivity contribution in [2.24, 2.45) is 0 Å². The molecule has 0 aliphatic carbocycles. The van der Waals surface area contributed by atoms with Crippen molar-refractivity contribution in [3.8, 4) is 5.75 Å². The van der Waals surface area contributed by atoms with Crippen LogP contribution in [0.1, 0.15) is 39.7 Å². The molecule has 2 rings (SSSR count). The molecule has 0 saturated carbocycles. The second-order valence-electron chi connectivity index (χ2n) is 5.34. The van der Waals surface area contributed by atoms with Crippen LogP contribution in [-0.2, 0) is 5.41 Å². The Morgan fingerprint density at radius 3 is 2.56 bits per heavy atom. The smallest absolute Gasteiger partial charge is 0.210 e. The van der Waals surface area contributed by atoms with E-state index >= 15 is 0 Å². The fourth-order valence-electron chi connectivity index (χ4n) is 2.73. The quantitative estimate of drug-likeness (QED) is 0.585. The fourth-order valence-corrected chi connectivity index (χ4v) is 4.09. The Bertz CT molecular complexity index is 517. The summed E-state index contributed by atoms with van der Waals surface area (Å²) in [6.07, 6.45) is 1.16. The Labute approximate surface area is 123 Å². The maximum absolute atomic E-state index is 5.46. The van der Waals surface area contributed by atoms with Crippen LogP contribution in [0.5, 0.6) is 5.75 Å². The normalized spacial score (nSPS) is 17.0. The molecule has 0 aromatic heterocycles. The second kappa shape index (κ2) is 4.83. The average molecular weight is 358 g/mol. The van der Waals surface area contributed by atoms with Gasteiger partial charge in [-0.05, 0) is 42.5 Å². The third-order valence-electron chi connectivity index (χ3n) is 3.98. The lowest BCUT2D eigenvalue weighted by Crippen LogP contribution is -2.27. The molecule has 1 aliphatic rings. The van der Waals surface area contributed by atoms with E-state index in [-0.39, 0.29) is 5.41 Å². The fraction of sp³-hybridized carbons (Fsp3) is 0.533. The van der Waals surface area contributed by atoms with Crippen molar-refractivity contribution in [2.75, 3.05) is 13.7 Å². The average Bonchev–Trinajstić information content (AvgIpc) is 2.52. The van der Waals surface area contributed by atoms with Gasteiger partial charge < -0.3 is 4.74 Å². The summed E-state index contributed by atoms with van der Waals surface area (Å²) < 4.78 is 9.16. The number of methoxy groups -OCH3 is 1. The molecule has 0 spiro atoms. The van der Waals surface area contributed by atoms with Crippen molar-refractivity contribution in [3.63, 3.8) is 0 Å². The first kappa shape index (κ1) is 13.8. The van der Waals surface area contributed by atoms with Gasteiger partial charge in [0.2, 0.25) is 5.69 Å². The predicted octanol–water partition coefficient (Wildman–Crippen LogP) is 4.11. The molecule has 0 saturated heterocycles. The maximum atomic E-state index is 5.46. The van der Waals surface area contributed by atoms with Crippen LogP contribution in [-0.4, -0.2) is 23.9 Å². The molecule has 18 heavy (non-hydrogen) atoms. The van der Waals surface area contributed by atoms with Crippen LogP contribution in [0.25, 0.3) is 0 Å². The van der Waals surface area contributed by atoms with E-state index < -0.39 is 0 Å². The van der Waals surface area contributed by atoms with Gasteiger partial charge in [-0.25, -0.2) is 0 Å². The Kier molecular flexibility index (Phi) is 3.72. The first-order valence-corrected chi connectivity index (χ1v) is 7.51. The summed E-state index contributed by atoms with van der Waals surface area (Å²) in [6.45, 7) is 10.2. The number of hydrogen-bond donors (Lipinski definition) is 0. The third kappa shape index (κ3) is 1.87. The molecule has 0 fully saturated rings. The minimum atomic E-state index is 0.0928. The molecule has 3 heteroatoms. The van der Waals surface area contributed by atoms with Crippen molar-refractivity contribution in [1.82, 2.24) is 0 Å². The van der Waals surface area contributed by atoms with Gasteiger partial charge in [0.1, 0.15) is 12.3 Å². The van der Waals surface area contributed by atoms with Gasteiger partial charge in [0.15, 0.2) is 5.71 Å².